The van der Waals surface area contributed by atoms with Crippen LogP contribution in [0.25, 0.3) is 0 Å². The number of hydrogen-bond donors (Lipinski definition) is 3. The Morgan fingerprint density at radius 3 is 1.70 bits per heavy atom. The summed E-state index contributed by atoms with van der Waals surface area (Å²) in [5.41, 5.74) is 0. The van der Waals surface area contributed by atoms with Crippen LogP contribution in [-0.2, 0) is 4.79 Å². The van der Waals surface area contributed by atoms with Crippen molar-refractivity contribution in [1.82, 2.24) is 0 Å². The van der Waals surface area contributed by atoms with Gasteiger partial charge in [0.15, 0.2) is 0 Å². The van der Waals surface area contributed by atoms with E-state index in [1.165, 1.54) is 12.8 Å². The number of carbonyl (C=O) groups is 1. The number of unbranched alkanes of at least 4 members (excludes halogenated alkanes) is 5. The van der Waals surface area contributed by atoms with Crippen molar-refractivity contribution in [1.29, 1.82) is 0 Å². The normalized spacial score (nSPS) is 13.6. The van der Waals surface area contributed by atoms with E-state index in [9.17, 15) is 9.90 Å². The number of aliphatic carboxylic acids is 1. The number of aliphatic hydroxyl groups is 2. The number of hydrogen-bond acceptors (Lipinski definition) is 3. The van der Waals surface area contributed by atoms with Gasteiger partial charge in [0.25, 0.3) is 0 Å². The molecule has 0 aliphatic rings. The van der Waals surface area contributed by atoms with Crippen LogP contribution in [0.1, 0.15) is 77.0 Å². The summed E-state index contributed by atoms with van der Waals surface area (Å²) >= 11 is 0. The van der Waals surface area contributed by atoms with Gasteiger partial charge in [-0.05, 0) is 51.4 Å². The second-order valence-corrected chi connectivity index (χ2v) is 6.71. The Kier molecular flexibility index (Phi) is 19.4. The molecule has 1 atom stereocenters. The topological polar surface area (TPSA) is 77.8 Å². The maximum atomic E-state index is 10.3. The van der Waals surface area contributed by atoms with Crippen LogP contribution in [0, 0.1) is 0 Å². The van der Waals surface area contributed by atoms with Gasteiger partial charge in [0, 0.05) is 6.42 Å². The predicted octanol–water partition coefficient (Wildman–Crippen LogP) is 5.33. The third-order valence-corrected chi connectivity index (χ3v) is 4.11. The summed E-state index contributed by atoms with van der Waals surface area (Å²) in [5, 5.41) is 26.5. The maximum absolute atomic E-state index is 10.3. The molecule has 0 aliphatic carbocycles. The molecule has 0 heterocycles. The molecule has 1 unspecified atom stereocenters. The second kappa shape index (κ2) is 20.7. The zero-order valence-corrected chi connectivity index (χ0v) is 16.6. The fourth-order valence-electron chi connectivity index (χ4n) is 2.51. The van der Waals surface area contributed by atoms with Crippen LogP contribution in [0.4, 0.5) is 0 Å². The van der Waals surface area contributed by atoms with Gasteiger partial charge in [-0.1, -0.05) is 67.9 Å². The van der Waals surface area contributed by atoms with E-state index in [-0.39, 0.29) is 13.0 Å². The fourth-order valence-corrected chi connectivity index (χ4v) is 2.51. The van der Waals surface area contributed by atoms with E-state index in [4.69, 9.17) is 10.2 Å². The third-order valence-electron chi connectivity index (χ3n) is 4.11. The first-order valence-corrected chi connectivity index (χ1v) is 10.3. The highest BCUT2D eigenvalue weighted by atomic mass is 16.4. The smallest absolute Gasteiger partial charge is 0.303 e. The van der Waals surface area contributed by atoms with Gasteiger partial charge in [-0.15, -0.1) is 0 Å². The van der Waals surface area contributed by atoms with E-state index in [1.54, 1.807) is 0 Å². The molecule has 0 rings (SSSR count). The Bertz CT molecular complexity index is 449. The highest BCUT2D eigenvalue weighted by molar-refractivity contribution is 5.66. The largest absolute Gasteiger partial charge is 0.481 e. The van der Waals surface area contributed by atoms with Gasteiger partial charge in [-0.2, -0.15) is 0 Å². The first kappa shape index (κ1) is 25.4. The lowest BCUT2D eigenvalue weighted by atomic mass is 10.1. The van der Waals surface area contributed by atoms with Gasteiger partial charge >= 0.3 is 5.97 Å². The van der Waals surface area contributed by atoms with Crippen LogP contribution in [0.2, 0.25) is 0 Å². The van der Waals surface area contributed by atoms with Gasteiger partial charge in [-0.3, -0.25) is 4.79 Å². The summed E-state index contributed by atoms with van der Waals surface area (Å²) < 4.78 is 0. The molecule has 3 N–H and O–H groups in total. The molecule has 0 saturated carbocycles. The summed E-state index contributed by atoms with van der Waals surface area (Å²) in [7, 11) is 0. The van der Waals surface area contributed by atoms with Crippen LogP contribution >= 0.6 is 0 Å². The van der Waals surface area contributed by atoms with Gasteiger partial charge in [-0.25, -0.2) is 0 Å². The zero-order chi connectivity index (χ0) is 20.0. The molecule has 4 heteroatoms. The van der Waals surface area contributed by atoms with Crippen molar-refractivity contribution in [2.24, 2.45) is 0 Å². The molecular weight excluding hydrogens is 340 g/mol. The molecule has 0 radical (unpaired) electrons. The van der Waals surface area contributed by atoms with Crippen LogP contribution < -0.4 is 0 Å². The van der Waals surface area contributed by atoms with E-state index in [1.807, 2.05) is 6.08 Å². The highest BCUT2D eigenvalue weighted by Crippen LogP contribution is 2.08. The van der Waals surface area contributed by atoms with E-state index < -0.39 is 12.1 Å². The number of rotatable bonds is 18. The second-order valence-electron chi connectivity index (χ2n) is 6.71. The van der Waals surface area contributed by atoms with Crippen molar-refractivity contribution in [2.45, 2.75) is 83.2 Å². The van der Waals surface area contributed by atoms with Crippen LogP contribution in [0.5, 0.6) is 0 Å². The van der Waals surface area contributed by atoms with Crippen molar-refractivity contribution in [3.05, 3.63) is 48.6 Å². The number of carboxylic acids is 1. The number of aliphatic hydroxyl groups excluding tert-OH is 2. The minimum absolute atomic E-state index is 0.126. The molecule has 0 aromatic heterocycles. The van der Waals surface area contributed by atoms with Crippen molar-refractivity contribution in [3.63, 3.8) is 0 Å². The molecule has 4 nitrogen and oxygen atoms in total. The van der Waals surface area contributed by atoms with Crippen molar-refractivity contribution in [3.8, 4) is 0 Å². The number of carboxylic acid groups (broad SMARTS) is 1. The van der Waals surface area contributed by atoms with Crippen LogP contribution in [0.15, 0.2) is 48.6 Å². The molecule has 0 bridgehead atoms. The first-order valence-electron chi connectivity index (χ1n) is 10.3. The summed E-state index contributed by atoms with van der Waals surface area (Å²) in [4.78, 5) is 10.3. The standard InChI is InChI=1S/C23H38O4/c24-21-22(25)19-17-15-13-11-9-7-5-3-1-2-4-6-8-10-12-14-16-18-20-23(26)27/h1-2,5-8,12,14,22,24-25H,3-4,9-11,13,15-21H2,(H,26,27)/b2-1-,7-5-,8-6-,14-12-. The molecule has 0 aromatic rings. The molecule has 0 spiro atoms. The SMILES string of the molecule is O=C(O)CCC/C=C\C/C=C\C/C=C\C/C=C\CCCCCCC(O)CO. The van der Waals surface area contributed by atoms with Crippen molar-refractivity contribution in [2.75, 3.05) is 6.61 Å². The summed E-state index contributed by atoms with van der Waals surface area (Å²) in [6, 6.07) is 0. The van der Waals surface area contributed by atoms with Gasteiger partial charge < -0.3 is 15.3 Å². The van der Waals surface area contributed by atoms with Gasteiger partial charge in [0.2, 0.25) is 0 Å². The Hall–Kier alpha value is -1.65. The molecule has 0 amide bonds. The Balaban J connectivity index is 3.39. The van der Waals surface area contributed by atoms with E-state index in [0.717, 1.165) is 44.9 Å². The molecule has 0 fully saturated rings. The lowest BCUT2D eigenvalue weighted by Crippen LogP contribution is -2.10. The van der Waals surface area contributed by atoms with Crippen LogP contribution in [-0.4, -0.2) is 34.0 Å². The van der Waals surface area contributed by atoms with E-state index in [2.05, 4.69) is 42.5 Å². The fraction of sp³-hybridized carbons (Fsp3) is 0.609. The zero-order valence-electron chi connectivity index (χ0n) is 16.6. The molecule has 0 saturated heterocycles. The first-order chi connectivity index (χ1) is 13.2. The molecule has 27 heavy (non-hydrogen) atoms. The average molecular weight is 379 g/mol. The molecule has 154 valence electrons. The minimum Gasteiger partial charge on any atom is -0.481 e. The summed E-state index contributed by atoms with van der Waals surface area (Å²) in [6.07, 6.45) is 27.5. The highest BCUT2D eigenvalue weighted by Gasteiger charge is 2.00. The lowest BCUT2D eigenvalue weighted by Gasteiger charge is -2.05. The summed E-state index contributed by atoms with van der Waals surface area (Å²) in [6.45, 7) is -0.126. The number of allylic oxidation sites excluding steroid dienone is 8. The van der Waals surface area contributed by atoms with Crippen molar-refractivity contribution >= 4 is 5.97 Å². The average Bonchev–Trinajstić information content (AvgIpc) is 2.65. The Morgan fingerprint density at radius 1 is 0.704 bits per heavy atom. The van der Waals surface area contributed by atoms with E-state index >= 15 is 0 Å². The van der Waals surface area contributed by atoms with E-state index in [0.29, 0.717) is 12.8 Å². The molecular formula is C23H38O4. The molecule has 0 aromatic carbocycles. The Labute approximate surface area is 165 Å². The monoisotopic (exact) mass is 378 g/mol. The summed E-state index contributed by atoms with van der Waals surface area (Å²) in [5.74, 6) is -0.725. The quantitative estimate of drug-likeness (QED) is 0.222. The van der Waals surface area contributed by atoms with Crippen molar-refractivity contribution < 1.29 is 20.1 Å². The van der Waals surface area contributed by atoms with Gasteiger partial charge in [0.1, 0.15) is 0 Å². The maximum Gasteiger partial charge on any atom is 0.303 e. The van der Waals surface area contributed by atoms with Crippen LogP contribution in [0.3, 0.4) is 0 Å². The minimum atomic E-state index is -0.725. The predicted molar refractivity (Wildman–Crippen MR) is 113 cm³/mol. The Morgan fingerprint density at radius 2 is 1.19 bits per heavy atom. The van der Waals surface area contributed by atoms with Gasteiger partial charge in [0.05, 0.1) is 12.7 Å². The third kappa shape index (κ3) is 22.3. The lowest BCUT2D eigenvalue weighted by molar-refractivity contribution is -0.137. The molecule has 0 aliphatic heterocycles.